The number of carbonyl (C=O) groups excluding carboxylic acids is 1. The second-order valence-electron chi connectivity index (χ2n) is 6.41. The van der Waals surface area contributed by atoms with Crippen molar-refractivity contribution in [2.45, 2.75) is 38.8 Å². The van der Waals surface area contributed by atoms with E-state index in [0.717, 1.165) is 32.6 Å². The highest BCUT2D eigenvalue weighted by molar-refractivity contribution is 5.79. The molecule has 2 fully saturated rings. The van der Waals surface area contributed by atoms with Crippen molar-refractivity contribution >= 4 is 5.91 Å². The van der Waals surface area contributed by atoms with Gasteiger partial charge < -0.3 is 15.4 Å². The fourth-order valence-corrected chi connectivity index (χ4v) is 2.91. The fourth-order valence-electron chi connectivity index (χ4n) is 2.91. The summed E-state index contributed by atoms with van der Waals surface area (Å²) < 4.78 is 5.50. The van der Waals surface area contributed by atoms with Crippen LogP contribution in [0.2, 0.25) is 0 Å². The summed E-state index contributed by atoms with van der Waals surface area (Å²) in [5.41, 5.74) is 5.84. The van der Waals surface area contributed by atoms with Crippen LogP contribution < -0.4 is 5.73 Å². The Morgan fingerprint density at radius 2 is 1.95 bits per heavy atom. The van der Waals surface area contributed by atoms with E-state index in [1.807, 2.05) is 11.8 Å². The molecule has 2 saturated heterocycles. The van der Waals surface area contributed by atoms with Gasteiger partial charge in [-0.05, 0) is 27.2 Å². The molecule has 2 unspecified atom stereocenters. The largest absolute Gasteiger partial charge is 0.378 e. The van der Waals surface area contributed by atoms with Crippen LogP contribution >= 0.6 is 0 Å². The lowest BCUT2D eigenvalue weighted by Gasteiger charge is -2.44. The van der Waals surface area contributed by atoms with Crippen molar-refractivity contribution in [1.29, 1.82) is 0 Å². The number of nitrogens with two attached hydrogens (primary N) is 1. The number of hydrogen-bond donors (Lipinski definition) is 1. The van der Waals surface area contributed by atoms with Crippen LogP contribution in [0.1, 0.15) is 27.2 Å². The Morgan fingerprint density at radius 1 is 1.32 bits per heavy atom. The zero-order valence-corrected chi connectivity index (χ0v) is 12.4. The number of hydrogen-bond acceptors (Lipinski definition) is 4. The molecule has 2 aliphatic heterocycles. The molecule has 0 aliphatic carbocycles. The van der Waals surface area contributed by atoms with E-state index >= 15 is 0 Å². The Labute approximate surface area is 116 Å². The lowest BCUT2D eigenvalue weighted by molar-refractivity contribution is -0.138. The summed E-state index contributed by atoms with van der Waals surface area (Å²) >= 11 is 0. The molecule has 0 aromatic carbocycles. The number of nitrogens with zero attached hydrogens (tertiary/aromatic N) is 2. The van der Waals surface area contributed by atoms with Crippen LogP contribution in [0.4, 0.5) is 0 Å². The summed E-state index contributed by atoms with van der Waals surface area (Å²) in [5, 5.41) is 0. The molecule has 5 nitrogen and oxygen atoms in total. The standard InChI is InChI=1S/C14H27N3O2/c1-11-8-12(9-19-11)13(18)16-4-6-17(7-5-16)14(2,3)10-15/h11-12H,4-10,15H2,1-3H3. The SMILES string of the molecule is CC1CC(C(=O)N2CCN(C(C)(C)CN)CC2)CO1. The molecular formula is C14H27N3O2. The smallest absolute Gasteiger partial charge is 0.228 e. The third kappa shape index (κ3) is 3.27. The first-order valence-electron chi connectivity index (χ1n) is 7.29. The Morgan fingerprint density at radius 3 is 2.42 bits per heavy atom. The molecule has 0 aromatic heterocycles. The molecule has 0 aromatic rings. The second-order valence-corrected chi connectivity index (χ2v) is 6.41. The third-order valence-corrected chi connectivity index (χ3v) is 4.49. The lowest BCUT2D eigenvalue weighted by atomic mass is 10.0. The molecule has 19 heavy (non-hydrogen) atoms. The summed E-state index contributed by atoms with van der Waals surface area (Å²) in [5.74, 6) is 0.346. The molecule has 110 valence electrons. The maximum Gasteiger partial charge on any atom is 0.228 e. The van der Waals surface area contributed by atoms with Crippen LogP contribution in [0.25, 0.3) is 0 Å². The van der Waals surface area contributed by atoms with E-state index < -0.39 is 0 Å². The van der Waals surface area contributed by atoms with Gasteiger partial charge in [-0.1, -0.05) is 0 Å². The van der Waals surface area contributed by atoms with Gasteiger partial charge in [0.25, 0.3) is 0 Å². The van der Waals surface area contributed by atoms with Crippen LogP contribution in [0.3, 0.4) is 0 Å². The molecule has 5 heteroatoms. The molecule has 1 amide bonds. The number of amides is 1. The van der Waals surface area contributed by atoms with Gasteiger partial charge in [0.05, 0.1) is 18.6 Å². The number of ether oxygens (including phenoxy) is 1. The molecule has 0 bridgehead atoms. The molecular weight excluding hydrogens is 242 g/mol. The van der Waals surface area contributed by atoms with Crippen molar-refractivity contribution in [3.05, 3.63) is 0 Å². The summed E-state index contributed by atoms with van der Waals surface area (Å²) in [6.07, 6.45) is 1.10. The average Bonchev–Trinajstić information content (AvgIpc) is 2.85. The maximum absolute atomic E-state index is 12.4. The quantitative estimate of drug-likeness (QED) is 0.800. The van der Waals surface area contributed by atoms with Gasteiger partial charge >= 0.3 is 0 Å². The van der Waals surface area contributed by atoms with Crippen molar-refractivity contribution in [3.8, 4) is 0 Å². The minimum absolute atomic E-state index is 0.0279. The zero-order valence-electron chi connectivity index (χ0n) is 12.4. The van der Waals surface area contributed by atoms with Crippen LogP contribution in [-0.2, 0) is 9.53 Å². The summed E-state index contributed by atoms with van der Waals surface area (Å²) in [6.45, 7) is 11.1. The molecule has 0 radical (unpaired) electrons. The molecule has 2 atom stereocenters. The summed E-state index contributed by atoms with van der Waals surface area (Å²) in [6, 6.07) is 0. The van der Waals surface area contributed by atoms with E-state index in [4.69, 9.17) is 10.5 Å². The first-order valence-corrected chi connectivity index (χ1v) is 7.29. The van der Waals surface area contributed by atoms with E-state index in [-0.39, 0.29) is 23.5 Å². The maximum atomic E-state index is 12.4. The summed E-state index contributed by atoms with van der Waals surface area (Å²) in [4.78, 5) is 16.7. The number of piperazine rings is 1. The van der Waals surface area contributed by atoms with Crippen LogP contribution in [-0.4, -0.2) is 66.7 Å². The minimum atomic E-state index is 0.0279. The molecule has 2 N–H and O–H groups in total. The average molecular weight is 269 g/mol. The zero-order chi connectivity index (χ0) is 14.0. The predicted octanol–water partition coefficient (Wildman–Crippen LogP) is 0.293. The van der Waals surface area contributed by atoms with Crippen molar-refractivity contribution < 1.29 is 9.53 Å². The van der Waals surface area contributed by atoms with Gasteiger partial charge in [-0.15, -0.1) is 0 Å². The third-order valence-electron chi connectivity index (χ3n) is 4.49. The van der Waals surface area contributed by atoms with Crippen LogP contribution in [0.15, 0.2) is 0 Å². The molecule has 2 aliphatic rings. The Kier molecular flexibility index (Phi) is 4.48. The first kappa shape index (κ1) is 14.8. The van der Waals surface area contributed by atoms with Crippen molar-refractivity contribution in [2.75, 3.05) is 39.3 Å². The topological polar surface area (TPSA) is 58.8 Å². The van der Waals surface area contributed by atoms with Gasteiger partial charge in [0.15, 0.2) is 0 Å². The first-order chi connectivity index (χ1) is 8.94. The van der Waals surface area contributed by atoms with Crippen molar-refractivity contribution in [2.24, 2.45) is 11.7 Å². The van der Waals surface area contributed by atoms with Gasteiger partial charge in [0.2, 0.25) is 5.91 Å². The van der Waals surface area contributed by atoms with E-state index in [1.54, 1.807) is 0 Å². The molecule has 2 rings (SSSR count). The highest BCUT2D eigenvalue weighted by atomic mass is 16.5. The van der Waals surface area contributed by atoms with E-state index in [9.17, 15) is 4.79 Å². The van der Waals surface area contributed by atoms with Gasteiger partial charge in [0.1, 0.15) is 0 Å². The van der Waals surface area contributed by atoms with Gasteiger partial charge in [-0.3, -0.25) is 9.69 Å². The molecule has 0 saturated carbocycles. The Hall–Kier alpha value is -0.650. The Bertz CT molecular complexity index is 325. The monoisotopic (exact) mass is 269 g/mol. The molecule has 2 heterocycles. The van der Waals surface area contributed by atoms with Crippen molar-refractivity contribution in [3.63, 3.8) is 0 Å². The number of rotatable bonds is 3. The van der Waals surface area contributed by atoms with Crippen LogP contribution in [0, 0.1) is 5.92 Å². The highest BCUT2D eigenvalue weighted by Gasteiger charge is 2.35. The highest BCUT2D eigenvalue weighted by Crippen LogP contribution is 2.23. The van der Waals surface area contributed by atoms with Gasteiger partial charge in [-0.2, -0.15) is 0 Å². The van der Waals surface area contributed by atoms with Gasteiger partial charge in [-0.25, -0.2) is 0 Å². The normalized spacial score (nSPS) is 29.8. The van der Waals surface area contributed by atoms with Crippen molar-refractivity contribution in [1.82, 2.24) is 9.80 Å². The van der Waals surface area contributed by atoms with Gasteiger partial charge in [0, 0.05) is 38.3 Å². The lowest BCUT2D eigenvalue weighted by Crippen LogP contribution is -2.58. The molecule has 0 spiro atoms. The summed E-state index contributed by atoms with van der Waals surface area (Å²) in [7, 11) is 0. The van der Waals surface area contributed by atoms with Crippen LogP contribution in [0.5, 0.6) is 0 Å². The minimum Gasteiger partial charge on any atom is -0.378 e. The van der Waals surface area contributed by atoms with E-state index in [0.29, 0.717) is 13.2 Å². The fraction of sp³-hybridized carbons (Fsp3) is 0.929. The predicted molar refractivity (Wildman–Crippen MR) is 74.8 cm³/mol. The second kappa shape index (κ2) is 5.77. The number of carbonyl (C=O) groups is 1. The van der Waals surface area contributed by atoms with E-state index in [1.165, 1.54) is 0 Å². The Balaban J connectivity index is 1.85. The van der Waals surface area contributed by atoms with E-state index in [2.05, 4.69) is 18.7 Å².